The van der Waals surface area contributed by atoms with Crippen LogP contribution in [0.5, 0.6) is 0 Å². The molecule has 7 nitrogen and oxygen atoms in total. The Labute approximate surface area is 119 Å². The number of aliphatic hydroxyl groups is 1. The van der Waals surface area contributed by atoms with E-state index in [1.54, 1.807) is 20.8 Å². The molecule has 118 valence electrons. The summed E-state index contributed by atoms with van der Waals surface area (Å²) < 4.78 is 27.1. The van der Waals surface area contributed by atoms with Crippen LogP contribution in [-0.4, -0.2) is 54.4 Å². The summed E-state index contributed by atoms with van der Waals surface area (Å²) in [5, 5.41) is 10.2. The molecular formula is C12H24NO6P. The van der Waals surface area contributed by atoms with E-state index in [9.17, 15) is 14.5 Å². The summed E-state index contributed by atoms with van der Waals surface area (Å²) in [4.78, 5) is 13.5. The highest BCUT2D eigenvalue weighted by atomic mass is 31.2. The minimum atomic E-state index is -3.64. The summed E-state index contributed by atoms with van der Waals surface area (Å²) in [6.45, 7) is 5.74. The van der Waals surface area contributed by atoms with Crippen LogP contribution in [0.2, 0.25) is 0 Å². The van der Waals surface area contributed by atoms with E-state index in [1.165, 1.54) is 19.1 Å². The van der Waals surface area contributed by atoms with Gasteiger partial charge in [0.1, 0.15) is 5.60 Å². The molecule has 0 aromatic rings. The average molecular weight is 309 g/mol. The van der Waals surface area contributed by atoms with Gasteiger partial charge in [-0.2, -0.15) is 0 Å². The summed E-state index contributed by atoms with van der Waals surface area (Å²) in [7, 11) is -1.23. The van der Waals surface area contributed by atoms with Crippen LogP contribution in [0.25, 0.3) is 0 Å². The first-order valence-electron chi connectivity index (χ1n) is 6.53. The van der Waals surface area contributed by atoms with Crippen LogP contribution in [0.4, 0.5) is 4.79 Å². The largest absolute Gasteiger partial charge is 0.444 e. The average Bonchev–Trinajstić information content (AvgIpc) is 2.84. The maximum absolute atomic E-state index is 12.2. The molecule has 1 saturated heterocycles. The van der Waals surface area contributed by atoms with Gasteiger partial charge in [0.05, 0.1) is 6.04 Å². The molecule has 1 amide bonds. The Morgan fingerprint density at radius 3 is 2.35 bits per heavy atom. The third-order valence-corrected chi connectivity index (χ3v) is 5.11. The number of aliphatic hydroxyl groups excluding tert-OH is 1. The second-order valence-electron chi connectivity index (χ2n) is 5.70. The van der Waals surface area contributed by atoms with Crippen molar-refractivity contribution in [1.82, 2.24) is 4.90 Å². The SMILES string of the molecule is COP(=O)(OC)C(O)C1CCCN1C(=O)OC(C)(C)C. The van der Waals surface area contributed by atoms with Gasteiger partial charge in [0.25, 0.3) is 0 Å². The molecule has 0 aromatic heterocycles. The highest BCUT2D eigenvalue weighted by Crippen LogP contribution is 2.53. The van der Waals surface area contributed by atoms with Crippen LogP contribution in [0.1, 0.15) is 33.6 Å². The number of rotatable bonds is 4. The van der Waals surface area contributed by atoms with Crippen LogP contribution < -0.4 is 0 Å². The number of hydrogen-bond acceptors (Lipinski definition) is 6. The number of ether oxygens (including phenoxy) is 1. The smallest absolute Gasteiger partial charge is 0.410 e. The summed E-state index contributed by atoms with van der Waals surface area (Å²) in [5.74, 6) is -1.38. The molecular weight excluding hydrogens is 285 g/mol. The molecule has 2 atom stereocenters. The Bertz CT molecular complexity index is 386. The first-order chi connectivity index (χ1) is 9.14. The van der Waals surface area contributed by atoms with Crippen LogP contribution in [0.15, 0.2) is 0 Å². The molecule has 0 spiro atoms. The van der Waals surface area contributed by atoms with Gasteiger partial charge < -0.3 is 23.8 Å². The van der Waals surface area contributed by atoms with Gasteiger partial charge in [-0.1, -0.05) is 0 Å². The molecule has 0 aromatic carbocycles. The Balaban J connectivity index is 2.84. The fraction of sp³-hybridized carbons (Fsp3) is 0.917. The maximum Gasteiger partial charge on any atom is 0.410 e. The van der Waals surface area contributed by atoms with E-state index in [1.807, 2.05) is 0 Å². The van der Waals surface area contributed by atoms with E-state index >= 15 is 0 Å². The van der Waals surface area contributed by atoms with Crippen LogP contribution in [0.3, 0.4) is 0 Å². The van der Waals surface area contributed by atoms with Gasteiger partial charge in [-0.05, 0) is 33.6 Å². The van der Waals surface area contributed by atoms with Gasteiger partial charge in [-0.25, -0.2) is 4.79 Å². The topological polar surface area (TPSA) is 85.3 Å². The lowest BCUT2D eigenvalue weighted by molar-refractivity contribution is 0.0117. The third kappa shape index (κ3) is 3.95. The van der Waals surface area contributed by atoms with E-state index in [0.717, 1.165) is 0 Å². The minimum absolute atomic E-state index is 0.448. The number of carbonyl (C=O) groups excluding carboxylic acids is 1. The molecule has 1 fully saturated rings. The van der Waals surface area contributed by atoms with Crippen molar-refractivity contribution in [2.75, 3.05) is 20.8 Å². The molecule has 0 radical (unpaired) electrons. The third-order valence-electron chi connectivity index (χ3n) is 3.10. The van der Waals surface area contributed by atoms with Crippen molar-refractivity contribution in [3.8, 4) is 0 Å². The van der Waals surface area contributed by atoms with Crippen LogP contribution in [0, 0.1) is 0 Å². The van der Waals surface area contributed by atoms with Crippen molar-refractivity contribution < 1.29 is 28.3 Å². The van der Waals surface area contributed by atoms with E-state index < -0.39 is 31.2 Å². The Kier molecular flexibility index (Phi) is 5.61. The first kappa shape index (κ1) is 17.4. The first-order valence-corrected chi connectivity index (χ1v) is 8.14. The Morgan fingerprint density at radius 1 is 1.35 bits per heavy atom. The summed E-state index contributed by atoms with van der Waals surface area (Å²) >= 11 is 0. The molecule has 1 aliphatic rings. The lowest BCUT2D eigenvalue weighted by Gasteiger charge is -2.32. The van der Waals surface area contributed by atoms with Gasteiger partial charge >= 0.3 is 13.7 Å². The van der Waals surface area contributed by atoms with E-state index in [-0.39, 0.29) is 0 Å². The number of hydrogen-bond donors (Lipinski definition) is 1. The molecule has 20 heavy (non-hydrogen) atoms. The number of likely N-dealkylation sites (tertiary alicyclic amines) is 1. The standard InChI is InChI=1S/C12H24NO6P/c1-12(2,3)19-11(15)13-8-6-7-9(13)10(14)20(16,17-4)18-5/h9-10,14H,6-8H2,1-5H3. The zero-order valence-electron chi connectivity index (χ0n) is 12.7. The van der Waals surface area contributed by atoms with E-state index in [0.29, 0.717) is 19.4 Å². The Morgan fingerprint density at radius 2 is 1.90 bits per heavy atom. The van der Waals surface area contributed by atoms with Crippen molar-refractivity contribution in [2.24, 2.45) is 0 Å². The highest BCUT2D eigenvalue weighted by Gasteiger charge is 2.45. The molecule has 0 aliphatic carbocycles. The predicted molar refractivity (Wildman–Crippen MR) is 73.6 cm³/mol. The van der Waals surface area contributed by atoms with Crippen LogP contribution >= 0.6 is 7.60 Å². The highest BCUT2D eigenvalue weighted by molar-refractivity contribution is 7.54. The van der Waals surface area contributed by atoms with Gasteiger partial charge in [-0.3, -0.25) is 4.57 Å². The number of amides is 1. The molecule has 1 aliphatic heterocycles. The molecule has 0 bridgehead atoms. The zero-order valence-corrected chi connectivity index (χ0v) is 13.6. The van der Waals surface area contributed by atoms with Crippen molar-refractivity contribution >= 4 is 13.7 Å². The Hall–Kier alpha value is -0.620. The number of carbonyl (C=O) groups is 1. The maximum atomic E-state index is 12.2. The second-order valence-corrected chi connectivity index (χ2v) is 8.04. The molecule has 1 heterocycles. The molecule has 2 unspecified atom stereocenters. The fourth-order valence-electron chi connectivity index (χ4n) is 2.15. The molecule has 1 N–H and O–H groups in total. The minimum Gasteiger partial charge on any atom is -0.444 e. The van der Waals surface area contributed by atoms with Crippen molar-refractivity contribution in [2.45, 2.75) is 51.1 Å². The lowest BCUT2D eigenvalue weighted by atomic mass is 10.2. The molecule has 8 heteroatoms. The van der Waals surface area contributed by atoms with Gasteiger partial charge in [-0.15, -0.1) is 0 Å². The summed E-state index contributed by atoms with van der Waals surface area (Å²) in [6, 6.07) is -0.629. The van der Waals surface area contributed by atoms with Gasteiger partial charge in [0, 0.05) is 20.8 Å². The summed E-state index contributed by atoms with van der Waals surface area (Å²) in [6.07, 6.45) is 0.698. The van der Waals surface area contributed by atoms with E-state index in [4.69, 9.17) is 13.8 Å². The zero-order chi connectivity index (χ0) is 15.6. The van der Waals surface area contributed by atoms with Crippen LogP contribution in [-0.2, 0) is 18.3 Å². The van der Waals surface area contributed by atoms with E-state index in [2.05, 4.69) is 0 Å². The lowest BCUT2D eigenvalue weighted by Crippen LogP contribution is -2.45. The molecule has 0 saturated carbocycles. The molecule has 1 rings (SSSR count). The van der Waals surface area contributed by atoms with Crippen molar-refractivity contribution in [1.29, 1.82) is 0 Å². The second kappa shape index (κ2) is 6.43. The number of nitrogens with zero attached hydrogens (tertiary/aromatic N) is 1. The fourth-order valence-corrected chi connectivity index (χ4v) is 3.46. The quantitative estimate of drug-likeness (QED) is 0.801. The van der Waals surface area contributed by atoms with Gasteiger partial charge in [0.15, 0.2) is 5.85 Å². The summed E-state index contributed by atoms with van der Waals surface area (Å²) in [5.41, 5.74) is -0.624. The van der Waals surface area contributed by atoms with Crippen molar-refractivity contribution in [3.05, 3.63) is 0 Å². The monoisotopic (exact) mass is 309 g/mol. The normalized spacial score (nSPS) is 21.9. The van der Waals surface area contributed by atoms with Crippen molar-refractivity contribution in [3.63, 3.8) is 0 Å². The predicted octanol–water partition coefficient (Wildman–Crippen LogP) is 2.19. The van der Waals surface area contributed by atoms with Gasteiger partial charge in [0.2, 0.25) is 0 Å².